The molecule has 0 saturated heterocycles. The van der Waals surface area contributed by atoms with Crippen LogP contribution in [0.2, 0.25) is 0 Å². The summed E-state index contributed by atoms with van der Waals surface area (Å²) in [6, 6.07) is 3.93. The highest BCUT2D eigenvalue weighted by Gasteiger charge is 2.08. The van der Waals surface area contributed by atoms with Gasteiger partial charge in [-0.05, 0) is 25.5 Å². The first-order chi connectivity index (χ1) is 11.7. The molecular weight excluding hydrogens is 320 g/mol. The third kappa shape index (κ3) is 6.35. The molecule has 1 N–H and O–H groups in total. The third-order valence-corrected chi connectivity index (χ3v) is 4.67. The highest BCUT2D eigenvalue weighted by Crippen LogP contribution is 2.11. The van der Waals surface area contributed by atoms with Crippen molar-refractivity contribution in [1.29, 1.82) is 0 Å². The van der Waals surface area contributed by atoms with Crippen LogP contribution in [0.1, 0.15) is 35.4 Å². The van der Waals surface area contributed by atoms with E-state index in [4.69, 9.17) is 9.41 Å². The Balaban J connectivity index is 1.84. The number of aliphatic imine (C=N–C) groups is 1. The Morgan fingerprint density at radius 1 is 1.42 bits per heavy atom. The lowest BCUT2D eigenvalue weighted by molar-refractivity contribution is 0.474. The molecule has 6 heteroatoms. The normalized spacial score (nSPS) is 11.7. The smallest absolute Gasteiger partial charge is 0.193 e. The van der Waals surface area contributed by atoms with Gasteiger partial charge in [0, 0.05) is 50.6 Å². The van der Waals surface area contributed by atoms with Gasteiger partial charge < -0.3 is 14.6 Å². The van der Waals surface area contributed by atoms with Crippen LogP contribution < -0.4 is 5.32 Å². The van der Waals surface area contributed by atoms with Gasteiger partial charge in [0.1, 0.15) is 5.76 Å². The van der Waals surface area contributed by atoms with Crippen molar-refractivity contribution in [2.45, 2.75) is 39.5 Å². The van der Waals surface area contributed by atoms with Gasteiger partial charge in [0.05, 0.1) is 11.3 Å². The van der Waals surface area contributed by atoms with Crippen molar-refractivity contribution >= 4 is 17.3 Å². The minimum Gasteiger partial charge on any atom is -0.469 e. The van der Waals surface area contributed by atoms with E-state index in [9.17, 15) is 0 Å². The van der Waals surface area contributed by atoms with Crippen molar-refractivity contribution in [2.75, 3.05) is 26.7 Å². The molecule has 0 aliphatic rings. The van der Waals surface area contributed by atoms with Crippen LogP contribution in [0.25, 0.3) is 0 Å². The Bertz CT molecular complexity index is 606. The minimum absolute atomic E-state index is 0.819. The summed E-state index contributed by atoms with van der Waals surface area (Å²) in [4.78, 5) is 12.6. The number of nitrogens with zero attached hydrogens (tertiary/aromatic N) is 3. The van der Waals surface area contributed by atoms with Gasteiger partial charge in [-0.3, -0.25) is 4.99 Å². The third-order valence-electron chi connectivity index (χ3n) is 3.70. The van der Waals surface area contributed by atoms with Crippen LogP contribution in [0, 0.1) is 6.92 Å². The number of rotatable bonds is 9. The number of nitrogens with one attached hydrogen (secondary N) is 1. The lowest BCUT2D eigenvalue weighted by atomic mass is 10.3. The average Bonchev–Trinajstić information content (AvgIpc) is 3.23. The molecule has 0 fully saturated rings. The lowest BCUT2D eigenvalue weighted by Gasteiger charge is -2.22. The highest BCUT2D eigenvalue weighted by atomic mass is 32.1. The fourth-order valence-corrected chi connectivity index (χ4v) is 3.07. The number of aromatic nitrogens is 1. The van der Waals surface area contributed by atoms with Crippen molar-refractivity contribution in [1.82, 2.24) is 15.2 Å². The van der Waals surface area contributed by atoms with E-state index in [1.807, 2.05) is 18.3 Å². The Morgan fingerprint density at radius 2 is 2.29 bits per heavy atom. The zero-order valence-corrected chi connectivity index (χ0v) is 15.7. The standard InChI is InChI=1S/C18H28N4OS/c1-4-5-10-19-18(20-11-8-16-7-6-13-23-16)22(3)12-9-17-21-14-15(2)24-17/h6-7,13-14H,4-5,8-12H2,1-3H3,(H,19,20). The van der Waals surface area contributed by atoms with Gasteiger partial charge in [0.2, 0.25) is 0 Å². The summed E-state index contributed by atoms with van der Waals surface area (Å²) in [5.41, 5.74) is 0. The van der Waals surface area contributed by atoms with Gasteiger partial charge in [-0.25, -0.2) is 4.98 Å². The second kappa shape index (κ2) is 10.1. The molecule has 2 aromatic heterocycles. The maximum absolute atomic E-state index is 5.38. The zero-order valence-electron chi connectivity index (χ0n) is 14.9. The van der Waals surface area contributed by atoms with Crippen molar-refractivity contribution in [3.63, 3.8) is 0 Å². The Hall–Kier alpha value is -1.82. The summed E-state index contributed by atoms with van der Waals surface area (Å²) in [6.07, 6.45) is 7.74. The Labute approximate surface area is 148 Å². The molecule has 2 rings (SSSR count). The van der Waals surface area contributed by atoms with Gasteiger partial charge in [-0.2, -0.15) is 0 Å². The van der Waals surface area contributed by atoms with Crippen LogP contribution in [0.5, 0.6) is 0 Å². The van der Waals surface area contributed by atoms with Gasteiger partial charge in [-0.15, -0.1) is 11.3 Å². The molecule has 24 heavy (non-hydrogen) atoms. The molecule has 0 amide bonds. The van der Waals surface area contributed by atoms with E-state index in [1.165, 1.54) is 9.88 Å². The predicted molar refractivity (Wildman–Crippen MR) is 101 cm³/mol. The first-order valence-corrected chi connectivity index (χ1v) is 9.44. The van der Waals surface area contributed by atoms with Gasteiger partial charge >= 0.3 is 0 Å². The molecule has 0 aliphatic carbocycles. The first-order valence-electron chi connectivity index (χ1n) is 8.62. The fourth-order valence-electron chi connectivity index (χ4n) is 2.29. The molecule has 0 radical (unpaired) electrons. The first kappa shape index (κ1) is 18.5. The van der Waals surface area contributed by atoms with Crippen LogP contribution in [-0.2, 0) is 12.8 Å². The van der Waals surface area contributed by atoms with Crippen LogP contribution >= 0.6 is 11.3 Å². The van der Waals surface area contributed by atoms with Crippen LogP contribution in [0.4, 0.5) is 0 Å². The summed E-state index contributed by atoms with van der Waals surface area (Å²) in [7, 11) is 2.09. The van der Waals surface area contributed by atoms with E-state index in [2.05, 4.69) is 36.1 Å². The van der Waals surface area contributed by atoms with Crippen molar-refractivity contribution in [2.24, 2.45) is 4.99 Å². The molecule has 2 heterocycles. The topological polar surface area (TPSA) is 53.7 Å². The Kier molecular flexibility index (Phi) is 7.82. The van der Waals surface area contributed by atoms with Crippen LogP contribution in [0.15, 0.2) is 34.0 Å². The molecule has 132 valence electrons. The summed E-state index contributed by atoms with van der Waals surface area (Å²) < 4.78 is 5.38. The van der Waals surface area contributed by atoms with E-state index in [0.717, 1.165) is 57.0 Å². The minimum atomic E-state index is 0.819. The van der Waals surface area contributed by atoms with Gasteiger partial charge in [0.15, 0.2) is 5.96 Å². The predicted octanol–water partition coefficient (Wildman–Crippen LogP) is 3.51. The number of hydrogen-bond donors (Lipinski definition) is 1. The van der Waals surface area contributed by atoms with Gasteiger partial charge in [0.25, 0.3) is 0 Å². The second-order valence-electron chi connectivity index (χ2n) is 5.85. The molecule has 0 unspecified atom stereocenters. The van der Waals surface area contributed by atoms with E-state index < -0.39 is 0 Å². The fraction of sp³-hybridized carbons (Fsp3) is 0.556. The zero-order chi connectivity index (χ0) is 17.2. The van der Waals surface area contributed by atoms with Gasteiger partial charge in [-0.1, -0.05) is 13.3 Å². The van der Waals surface area contributed by atoms with E-state index in [-0.39, 0.29) is 0 Å². The molecule has 0 saturated carbocycles. The average molecular weight is 349 g/mol. The number of furan rings is 1. The maximum atomic E-state index is 5.38. The van der Waals surface area contributed by atoms with E-state index in [0.29, 0.717) is 0 Å². The molecule has 2 aromatic rings. The summed E-state index contributed by atoms with van der Waals surface area (Å²) in [6.45, 7) is 6.87. The van der Waals surface area contributed by atoms with Crippen LogP contribution in [-0.4, -0.2) is 42.5 Å². The maximum Gasteiger partial charge on any atom is 0.193 e. The molecule has 0 bridgehead atoms. The number of likely N-dealkylation sites (N-methyl/N-ethyl adjacent to an activating group) is 1. The number of thiazole rings is 1. The molecule has 0 spiro atoms. The SMILES string of the molecule is CCCCN=C(NCCc1ccco1)N(C)CCc1ncc(C)s1. The number of aryl methyl sites for hydroxylation is 1. The molecule has 5 nitrogen and oxygen atoms in total. The summed E-state index contributed by atoms with van der Waals surface area (Å²) in [5, 5.41) is 4.64. The molecule has 0 aliphatic heterocycles. The Morgan fingerprint density at radius 3 is 2.96 bits per heavy atom. The largest absolute Gasteiger partial charge is 0.469 e. The number of guanidine groups is 1. The molecule has 0 atom stereocenters. The van der Waals surface area contributed by atoms with Crippen LogP contribution in [0.3, 0.4) is 0 Å². The summed E-state index contributed by atoms with van der Waals surface area (Å²) in [5.74, 6) is 1.96. The van der Waals surface area contributed by atoms with Crippen molar-refractivity contribution in [3.8, 4) is 0 Å². The van der Waals surface area contributed by atoms with E-state index >= 15 is 0 Å². The van der Waals surface area contributed by atoms with Crippen molar-refractivity contribution in [3.05, 3.63) is 40.2 Å². The highest BCUT2D eigenvalue weighted by molar-refractivity contribution is 7.11. The number of unbranched alkanes of at least 4 members (excludes halogenated alkanes) is 1. The quantitative estimate of drug-likeness (QED) is 0.428. The summed E-state index contributed by atoms with van der Waals surface area (Å²) >= 11 is 1.77. The molecular formula is C18H28N4OS. The molecule has 0 aromatic carbocycles. The monoisotopic (exact) mass is 348 g/mol. The van der Waals surface area contributed by atoms with E-state index in [1.54, 1.807) is 17.6 Å². The number of hydrogen-bond acceptors (Lipinski definition) is 4. The second-order valence-corrected chi connectivity index (χ2v) is 7.17. The lowest BCUT2D eigenvalue weighted by Crippen LogP contribution is -2.41. The van der Waals surface area contributed by atoms with Crippen molar-refractivity contribution < 1.29 is 4.42 Å².